The van der Waals surface area contributed by atoms with E-state index in [2.05, 4.69) is 30.9 Å². The van der Waals surface area contributed by atoms with Crippen LogP contribution in [0, 0.1) is 0 Å². The van der Waals surface area contributed by atoms with Crippen molar-refractivity contribution in [3.05, 3.63) is 11.1 Å². The lowest BCUT2D eigenvalue weighted by Crippen LogP contribution is -2.45. The number of rotatable bonds is 4. The van der Waals surface area contributed by atoms with Crippen molar-refractivity contribution in [2.24, 2.45) is 0 Å². The van der Waals surface area contributed by atoms with Crippen LogP contribution >= 0.6 is 15.9 Å². The smallest absolute Gasteiger partial charge is 0.181 e. The summed E-state index contributed by atoms with van der Waals surface area (Å²) in [7, 11) is 3.27. The quantitative estimate of drug-likeness (QED) is 0.758. The Morgan fingerprint density at radius 3 is 3.04 bits per heavy atom. The van der Waals surface area contributed by atoms with E-state index in [1.54, 1.807) is 18.8 Å². The molecule has 2 aliphatic heterocycles. The molecule has 2 aromatic heterocycles. The van der Waals surface area contributed by atoms with Gasteiger partial charge < -0.3 is 24.7 Å². The highest BCUT2D eigenvalue weighted by Crippen LogP contribution is 2.48. The van der Waals surface area contributed by atoms with Gasteiger partial charge in [0.15, 0.2) is 27.9 Å². The first kappa shape index (κ1) is 15.2. The number of aromatic nitrogens is 4. The van der Waals surface area contributed by atoms with Crippen molar-refractivity contribution in [2.75, 3.05) is 33.2 Å². The predicted octanol–water partition coefficient (Wildman–Crippen LogP) is 0.499. The van der Waals surface area contributed by atoms with Crippen LogP contribution in [0.4, 0.5) is 5.82 Å². The van der Waals surface area contributed by atoms with E-state index in [4.69, 9.17) is 24.7 Å². The Morgan fingerprint density at radius 2 is 2.30 bits per heavy atom. The molecule has 2 bridgehead atoms. The summed E-state index contributed by atoms with van der Waals surface area (Å²) in [6, 6.07) is 0. The monoisotopic (exact) mass is 385 g/mol. The highest BCUT2D eigenvalue weighted by atomic mass is 79.9. The number of hydrogen-bond donors (Lipinski definition) is 1. The molecule has 0 radical (unpaired) electrons. The summed E-state index contributed by atoms with van der Waals surface area (Å²) in [4.78, 5) is 12.6. The first-order valence-electron chi connectivity index (χ1n) is 7.06. The van der Waals surface area contributed by atoms with Crippen LogP contribution in [0.2, 0.25) is 0 Å². The maximum atomic E-state index is 6.28. The third-order valence-electron chi connectivity index (χ3n) is 4.33. The SMILES string of the molecule is COC[C@@]12CO[C@@H](C1OC)[C@H](n1c(Br)nc3c(N)ncnc31)O2. The van der Waals surface area contributed by atoms with Crippen LogP contribution in [0.3, 0.4) is 0 Å². The fraction of sp³-hybridized carbons (Fsp3) is 0.615. The molecule has 0 amide bonds. The summed E-state index contributed by atoms with van der Waals surface area (Å²) in [5, 5.41) is 0. The van der Waals surface area contributed by atoms with Crippen LogP contribution < -0.4 is 5.73 Å². The Balaban J connectivity index is 1.81. The Kier molecular flexibility index (Phi) is 3.54. The molecule has 10 heteroatoms. The normalized spacial score (nSPS) is 32.9. The predicted molar refractivity (Wildman–Crippen MR) is 82.7 cm³/mol. The van der Waals surface area contributed by atoms with Crippen molar-refractivity contribution in [1.82, 2.24) is 19.5 Å². The molecule has 0 saturated carbocycles. The maximum Gasteiger partial charge on any atom is 0.181 e. The standard InChI is InChI=1S/C13H16BrN5O4/c1-20-3-13-4-22-7(8(13)21-2)11(23-13)19-10-6(18-12(19)14)9(15)16-5-17-10/h5,7-8,11H,3-4H2,1-2H3,(H2,15,16,17)/t7-,8?,11+,13+/m0/s1. The van der Waals surface area contributed by atoms with Crippen LogP contribution in [0.25, 0.3) is 11.2 Å². The summed E-state index contributed by atoms with van der Waals surface area (Å²) < 4.78 is 25.5. The molecule has 4 rings (SSSR count). The van der Waals surface area contributed by atoms with Gasteiger partial charge in [-0.25, -0.2) is 15.0 Å². The second-order valence-corrected chi connectivity index (χ2v) is 6.33. The number of hydrogen-bond acceptors (Lipinski definition) is 8. The number of anilines is 1. The molecule has 4 atom stereocenters. The third-order valence-corrected chi connectivity index (χ3v) is 4.89. The van der Waals surface area contributed by atoms with Gasteiger partial charge in [0.05, 0.1) is 13.2 Å². The van der Waals surface area contributed by atoms with Crippen LogP contribution in [-0.2, 0) is 18.9 Å². The van der Waals surface area contributed by atoms with E-state index in [-0.39, 0.29) is 12.2 Å². The summed E-state index contributed by atoms with van der Waals surface area (Å²) in [6.07, 6.45) is 0.420. The molecule has 9 nitrogen and oxygen atoms in total. The van der Waals surface area contributed by atoms with E-state index in [9.17, 15) is 0 Å². The van der Waals surface area contributed by atoms with Crippen molar-refractivity contribution < 1.29 is 18.9 Å². The molecule has 124 valence electrons. The highest BCUT2D eigenvalue weighted by Gasteiger charge is 2.63. The topological polar surface area (TPSA) is 107 Å². The van der Waals surface area contributed by atoms with Gasteiger partial charge in [0.1, 0.15) is 24.1 Å². The van der Waals surface area contributed by atoms with Gasteiger partial charge in [-0.05, 0) is 15.9 Å². The summed E-state index contributed by atoms with van der Waals surface area (Å²) in [6.45, 7) is 0.793. The molecule has 2 N–H and O–H groups in total. The zero-order valence-corrected chi connectivity index (χ0v) is 14.2. The van der Waals surface area contributed by atoms with Gasteiger partial charge in [-0.15, -0.1) is 0 Å². The van der Waals surface area contributed by atoms with Crippen LogP contribution in [0.15, 0.2) is 11.1 Å². The first-order valence-corrected chi connectivity index (χ1v) is 7.85. The number of halogens is 1. The van der Waals surface area contributed by atoms with E-state index in [0.717, 1.165) is 0 Å². The van der Waals surface area contributed by atoms with Crippen molar-refractivity contribution in [2.45, 2.75) is 24.0 Å². The zero-order chi connectivity index (χ0) is 16.2. The molecular weight excluding hydrogens is 370 g/mol. The average molecular weight is 386 g/mol. The largest absolute Gasteiger partial charge is 0.382 e. The van der Waals surface area contributed by atoms with Crippen LogP contribution in [0.5, 0.6) is 0 Å². The number of methoxy groups -OCH3 is 2. The minimum Gasteiger partial charge on any atom is -0.382 e. The number of nitrogens with two attached hydrogens (primary N) is 1. The van der Waals surface area contributed by atoms with Gasteiger partial charge in [-0.3, -0.25) is 4.57 Å². The Morgan fingerprint density at radius 1 is 1.48 bits per heavy atom. The average Bonchev–Trinajstić information content (AvgIpc) is 3.14. The van der Waals surface area contributed by atoms with E-state index >= 15 is 0 Å². The molecule has 4 heterocycles. The lowest BCUT2D eigenvalue weighted by Gasteiger charge is -2.31. The van der Waals surface area contributed by atoms with Gasteiger partial charge in [0.2, 0.25) is 0 Å². The van der Waals surface area contributed by atoms with E-state index in [0.29, 0.717) is 34.9 Å². The molecule has 2 fully saturated rings. The molecule has 2 saturated heterocycles. The van der Waals surface area contributed by atoms with Gasteiger partial charge >= 0.3 is 0 Å². The van der Waals surface area contributed by atoms with Crippen molar-refractivity contribution in [3.8, 4) is 0 Å². The fourth-order valence-electron chi connectivity index (χ4n) is 3.42. The van der Waals surface area contributed by atoms with E-state index in [1.165, 1.54) is 6.33 Å². The van der Waals surface area contributed by atoms with E-state index < -0.39 is 11.8 Å². The van der Waals surface area contributed by atoms with Crippen molar-refractivity contribution >= 4 is 32.9 Å². The number of ether oxygens (including phenoxy) is 4. The minimum absolute atomic E-state index is 0.240. The van der Waals surface area contributed by atoms with Gasteiger partial charge in [-0.1, -0.05) is 0 Å². The second-order valence-electron chi connectivity index (χ2n) is 5.62. The Hall–Kier alpha value is -1.33. The summed E-state index contributed by atoms with van der Waals surface area (Å²) in [5.41, 5.74) is 6.32. The molecule has 1 unspecified atom stereocenters. The summed E-state index contributed by atoms with van der Waals surface area (Å²) in [5.74, 6) is 0.313. The molecule has 0 spiro atoms. The van der Waals surface area contributed by atoms with Crippen LogP contribution in [-0.4, -0.2) is 64.8 Å². The van der Waals surface area contributed by atoms with Crippen LogP contribution in [0.1, 0.15) is 6.23 Å². The molecule has 0 aliphatic carbocycles. The number of nitrogen functional groups attached to an aromatic ring is 1. The second kappa shape index (κ2) is 5.35. The lowest BCUT2D eigenvalue weighted by molar-refractivity contribution is -0.190. The zero-order valence-electron chi connectivity index (χ0n) is 12.6. The van der Waals surface area contributed by atoms with Crippen molar-refractivity contribution in [1.29, 1.82) is 0 Å². The fourth-order valence-corrected chi connectivity index (χ4v) is 3.97. The van der Waals surface area contributed by atoms with Gasteiger partial charge in [-0.2, -0.15) is 0 Å². The molecule has 23 heavy (non-hydrogen) atoms. The number of nitrogens with zero attached hydrogens (tertiary/aromatic N) is 4. The molecular formula is C13H16BrN5O4. The summed E-state index contributed by atoms with van der Waals surface area (Å²) >= 11 is 3.44. The molecule has 2 aromatic rings. The Bertz CT molecular complexity index is 755. The van der Waals surface area contributed by atoms with Gasteiger partial charge in [0.25, 0.3) is 0 Å². The molecule has 0 aromatic carbocycles. The first-order chi connectivity index (χ1) is 11.1. The van der Waals surface area contributed by atoms with Gasteiger partial charge in [0, 0.05) is 14.2 Å². The number of imidazole rings is 1. The molecule has 2 aliphatic rings. The maximum absolute atomic E-state index is 6.28. The number of fused-ring (bicyclic) bond motifs is 3. The minimum atomic E-state index is -0.645. The highest BCUT2D eigenvalue weighted by molar-refractivity contribution is 9.10. The Labute approximate surface area is 140 Å². The third kappa shape index (κ3) is 2.02. The van der Waals surface area contributed by atoms with E-state index in [1.807, 2.05) is 0 Å². The van der Waals surface area contributed by atoms with Crippen molar-refractivity contribution in [3.63, 3.8) is 0 Å². The lowest BCUT2D eigenvalue weighted by atomic mass is 10.0.